The van der Waals surface area contributed by atoms with Crippen molar-refractivity contribution >= 4 is 23.7 Å². The van der Waals surface area contributed by atoms with Crippen molar-refractivity contribution in [2.24, 2.45) is 0 Å². The van der Waals surface area contributed by atoms with Crippen LogP contribution in [-0.2, 0) is 17.1 Å². The van der Waals surface area contributed by atoms with Crippen LogP contribution >= 0.6 is 23.7 Å². The van der Waals surface area contributed by atoms with Crippen molar-refractivity contribution < 1.29 is 17.1 Å². The average Bonchev–Trinajstić information content (AvgIpc) is 1.76. The minimum atomic E-state index is 0. The summed E-state index contributed by atoms with van der Waals surface area (Å²) in [5, 5.41) is 4.89. The van der Waals surface area contributed by atoms with E-state index in [0.717, 1.165) is 0 Å². The van der Waals surface area contributed by atoms with Gasteiger partial charge in [0.2, 0.25) is 0 Å². The van der Waals surface area contributed by atoms with Gasteiger partial charge in [0.15, 0.2) is 0 Å². The van der Waals surface area contributed by atoms with E-state index in [1.165, 1.54) is 0 Å². The van der Waals surface area contributed by atoms with Crippen LogP contribution in [0.5, 0.6) is 0 Å². The van der Waals surface area contributed by atoms with Crippen molar-refractivity contribution in [2.75, 3.05) is 0 Å². The first-order valence-corrected chi connectivity index (χ1v) is 2.27. The molecule has 0 aliphatic carbocycles. The van der Waals surface area contributed by atoms with Crippen LogP contribution in [0, 0.1) is 5.38 Å². The van der Waals surface area contributed by atoms with Gasteiger partial charge in [-0.25, -0.2) is 6.07 Å². The Morgan fingerprint density at radius 2 is 2.14 bits per heavy atom. The van der Waals surface area contributed by atoms with Gasteiger partial charge in [0.1, 0.15) is 0 Å². The van der Waals surface area contributed by atoms with Gasteiger partial charge in [-0.05, 0) is 0 Å². The molecule has 0 amide bonds. The smallest absolute Gasteiger partial charge is 0 e. The van der Waals surface area contributed by atoms with Gasteiger partial charge >= 0.3 is 0 Å². The molecule has 1 radical (unpaired) electrons. The first-order chi connectivity index (χ1) is 2.50. The Hall–Kier alpha value is 0.509. The van der Waals surface area contributed by atoms with Gasteiger partial charge in [-0.3, -0.25) is 0 Å². The zero-order valence-corrected chi connectivity index (χ0v) is 6.24. The summed E-state index contributed by atoms with van der Waals surface area (Å²) in [7, 11) is 0. The molecule has 1 aromatic rings. The van der Waals surface area contributed by atoms with Gasteiger partial charge in [0, 0.05) is 17.1 Å². The maximum Gasteiger partial charge on any atom is 0 e. The predicted molar refractivity (Wildman–Crippen MR) is 30.4 cm³/mol. The third-order valence-electron chi connectivity index (χ3n) is 0.379. The second-order valence-electron chi connectivity index (χ2n) is 0.731. The van der Waals surface area contributed by atoms with E-state index in [-0.39, 0.29) is 29.5 Å². The first-order valence-electron chi connectivity index (χ1n) is 1.40. The Balaban J connectivity index is 0. The number of hydrogen-bond donors (Lipinski definition) is 0. The van der Waals surface area contributed by atoms with Gasteiger partial charge < -0.3 is 11.3 Å². The standard InChI is InChI=1S/C4H3S.ClH.Mn/c1-2-4-5-3-1;;/h1-3H;1H;/q-1;;. The van der Waals surface area contributed by atoms with Gasteiger partial charge in [-0.2, -0.15) is 11.4 Å². The van der Waals surface area contributed by atoms with E-state index in [4.69, 9.17) is 0 Å². The maximum absolute atomic E-state index is 2.90. The largest absolute Gasteiger partial charge is 0.304 e. The summed E-state index contributed by atoms with van der Waals surface area (Å²) in [6, 6.07) is 3.86. The summed E-state index contributed by atoms with van der Waals surface area (Å²) in [6.45, 7) is 0. The zero-order chi connectivity index (χ0) is 3.54. The van der Waals surface area contributed by atoms with Crippen LogP contribution in [0.15, 0.2) is 17.5 Å². The van der Waals surface area contributed by atoms with Crippen LogP contribution in [0.25, 0.3) is 0 Å². The van der Waals surface area contributed by atoms with Crippen LogP contribution in [0.1, 0.15) is 0 Å². The molecule has 1 aromatic heterocycles. The van der Waals surface area contributed by atoms with Gasteiger partial charge in [-0.1, -0.05) is 0 Å². The predicted octanol–water partition coefficient (Wildman–Crippen LogP) is 1.97. The van der Waals surface area contributed by atoms with Gasteiger partial charge in [0.05, 0.1) is 0 Å². The minimum absolute atomic E-state index is 0. The molecule has 0 atom stereocenters. The molecule has 0 saturated carbocycles. The molecule has 0 N–H and O–H groups in total. The molecule has 0 aliphatic heterocycles. The Morgan fingerprint density at radius 1 is 1.43 bits per heavy atom. The molecule has 0 saturated heterocycles. The molecule has 7 heavy (non-hydrogen) atoms. The molecular weight excluding hydrogens is 171 g/mol. The molecule has 1 rings (SSSR count). The van der Waals surface area contributed by atoms with Crippen molar-refractivity contribution in [1.82, 2.24) is 0 Å². The summed E-state index contributed by atoms with van der Waals surface area (Å²) >= 11 is 1.59. The van der Waals surface area contributed by atoms with E-state index in [9.17, 15) is 0 Å². The van der Waals surface area contributed by atoms with E-state index in [1.54, 1.807) is 11.3 Å². The second kappa shape index (κ2) is 6.51. The van der Waals surface area contributed by atoms with Gasteiger partial charge in [-0.15, -0.1) is 17.8 Å². The van der Waals surface area contributed by atoms with Crippen molar-refractivity contribution in [3.63, 3.8) is 0 Å². The van der Waals surface area contributed by atoms with E-state index >= 15 is 0 Å². The van der Waals surface area contributed by atoms with E-state index in [1.807, 2.05) is 17.5 Å². The fourth-order valence-electron chi connectivity index (χ4n) is 0.196. The quantitative estimate of drug-likeness (QED) is 0.417. The molecule has 0 aliphatic rings. The summed E-state index contributed by atoms with van der Waals surface area (Å²) in [6.07, 6.45) is 0. The van der Waals surface area contributed by atoms with Crippen LogP contribution in [0.4, 0.5) is 0 Å². The molecule has 3 heteroatoms. The molecule has 0 fully saturated rings. The van der Waals surface area contributed by atoms with Crippen LogP contribution < -0.4 is 0 Å². The number of hydrogen-bond acceptors (Lipinski definition) is 1. The van der Waals surface area contributed by atoms with Crippen molar-refractivity contribution in [1.29, 1.82) is 0 Å². The average molecular weight is 175 g/mol. The summed E-state index contributed by atoms with van der Waals surface area (Å²) in [5.41, 5.74) is 0. The minimum Gasteiger partial charge on any atom is -0.304 e. The Kier molecular flexibility index (Phi) is 9.75. The van der Waals surface area contributed by atoms with Crippen LogP contribution in [0.3, 0.4) is 0 Å². The zero-order valence-electron chi connectivity index (χ0n) is 3.43. The Bertz CT molecular complexity index is 68.2. The van der Waals surface area contributed by atoms with Crippen molar-refractivity contribution in [2.45, 2.75) is 0 Å². The Morgan fingerprint density at radius 3 is 2.29 bits per heavy atom. The monoisotopic (exact) mass is 174 g/mol. The van der Waals surface area contributed by atoms with Crippen molar-refractivity contribution in [3.8, 4) is 0 Å². The van der Waals surface area contributed by atoms with E-state index in [0.29, 0.717) is 0 Å². The van der Waals surface area contributed by atoms with E-state index in [2.05, 4.69) is 5.38 Å². The third-order valence-corrected chi connectivity index (χ3v) is 0.944. The van der Waals surface area contributed by atoms with E-state index < -0.39 is 0 Å². The van der Waals surface area contributed by atoms with Crippen LogP contribution in [0.2, 0.25) is 0 Å². The fourth-order valence-corrected chi connectivity index (χ4v) is 0.589. The van der Waals surface area contributed by atoms with Gasteiger partial charge in [0.25, 0.3) is 0 Å². The molecule has 0 aromatic carbocycles. The topological polar surface area (TPSA) is 0 Å². The Labute approximate surface area is 63.8 Å². The normalized spacial score (nSPS) is 5.71. The number of rotatable bonds is 0. The van der Waals surface area contributed by atoms with Crippen LogP contribution in [-0.4, -0.2) is 0 Å². The number of thiophene rings is 1. The fraction of sp³-hybridized carbons (Fsp3) is 0. The third kappa shape index (κ3) is 4.36. The molecule has 0 nitrogen and oxygen atoms in total. The molecule has 0 spiro atoms. The molecule has 0 bridgehead atoms. The summed E-state index contributed by atoms with van der Waals surface area (Å²) < 4.78 is 0. The molecule has 0 unspecified atom stereocenters. The SMILES string of the molecule is Cl.[Mn].[c-]1cccs1. The summed E-state index contributed by atoms with van der Waals surface area (Å²) in [4.78, 5) is 0. The maximum atomic E-state index is 2.90. The number of halogens is 1. The first kappa shape index (κ1) is 10.5. The molecule has 1 heterocycles. The second-order valence-corrected chi connectivity index (χ2v) is 1.47. The van der Waals surface area contributed by atoms with Crippen molar-refractivity contribution in [3.05, 3.63) is 22.9 Å². The molecule has 41 valence electrons. The molecular formula is C4H4ClMnS-. The summed E-state index contributed by atoms with van der Waals surface area (Å²) in [5.74, 6) is 0.